The molecular weight excluding hydrogens is 373 g/mol. The van der Waals surface area contributed by atoms with Crippen molar-refractivity contribution < 1.29 is 9.90 Å². The van der Waals surface area contributed by atoms with E-state index in [1.165, 1.54) is 0 Å². The Labute approximate surface area is 129 Å². The highest BCUT2D eigenvalue weighted by atomic mass is 127. The maximum atomic E-state index is 12.2. The number of rotatable bonds is 4. The van der Waals surface area contributed by atoms with Crippen LogP contribution in [0, 0.1) is 3.57 Å². The van der Waals surface area contributed by atoms with Crippen molar-refractivity contribution in [2.45, 2.75) is 19.4 Å². The van der Waals surface area contributed by atoms with Gasteiger partial charge in [-0.25, -0.2) is 0 Å². The predicted molar refractivity (Wildman–Crippen MR) is 85.6 cm³/mol. The Balaban J connectivity index is 2.18. The average Bonchev–Trinajstić information content (AvgIpc) is 2.92. The van der Waals surface area contributed by atoms with Crippen molar-refractivity contribution >= 4 is 39.8 Å². The van der Waals surface area contributed by atoms with Crippen molar-refractivity contribution in [2.24, 2.45) is 0 Å². The highest BCUT2D eigenvalue weighted by Gasteiger charge is 2.17. The molecule has 0 aliphatic rings. The van der Waals surface area contributed by atoms with E-state index in [4.69, 9.17) is 0 Å². The molecule has 0 saturated heterocycles. The first kappa shape index (κ1) is 14.3. The minimum atomic E-state index is -0.240. The Morgan fingerprint density at radius 1 is 1.47 bits per heavy atom. The molecule has 0 aliphatic heterocycles. The minimum Gasteiger partial charge on any atom is -0.507 e. The summed E-state index contributed by atoms with van der Waals surface area (Å²) in [6.07, 6.45) is 0.816. The molecule has 1 aromatic carbocycles. The lowest BCUT2D eigenvalue weighted by Gasteiger charge is -2.16. The van der Waals surface area contributed by atoms with Crippen LogP contribution in [-0.4, -0.2) is 11.0 Å². The number of amides is 1. The van der Waals surface area contributed by atoms with Crippen LogP contribution in [0.15, 0.2) is 35.7 Å². The minimum absolute atomic E-state index is 0.00947. The highest BCUT2D eigenvalue weighted by molar-refractivity contribution is 14.1. The first-order chi connectivity index (χ1) is 9.11. The van der Waals surface area contributed by atoms with Crippen molar-refractivity contribution in [3.05, 3.63) is 49.7 Å². The van der Waals surface area contributed by atoms with Crippen LogP contribution in [0.3, 0.4) is 0 Å². The maximum Gasteiger partial charge on any atom is 0.255 e. The third kappa shape index (κ3) is 3.48. The van der Waals surface area contributed by atoms with Gasteiger partial charge in [0.25, 0.3) is 5.91 Å². The van der Waals surface area contributed by atoms with E-state index in [0.29, 0.717) is 5.56 Å². The molecule has 0 radical (unpaired) electrons. The van der Waals surface area contributed by atoms with Crippen molar-refractivity contribution in [1.29, 1.82) is 0 Å². The van der Waals surface area contributed by atoms with Crippen molar-refractivity contribution in [1.82, 2.24) is 5.32 Å². The molecule has 2 N–H and O–H groups in total. The summed E-state index contributed by atoms with van der Waals surface area (Å²) < 4.78 is 0.921. The molecule has 1 unspecified atom stereocenters. The van der Waals surface area contributed by atoms with E-state index < -0.39 is 0 Å². The number of carbonyl (C=O) groups excluding carboxylic acids is 1. The van der Waals surface area contributed by atoms with Crippen molar-refractivity contribution in [2.75, 3.05) is 0 Å². The highest BCUT2D eigenvalue weighted by Crippen LogP contribution is 2.24. The normalized spacial score (nSPS) is 12.1. The summed E-state index contributed by atoms with van der Waals surface area (Å²) in [7, 11) is 0. The van der Waals surface area contributed by atoms with Gasteiger partial charge in [-0.2, -0.15) is 0 Å². The van der Waals surface area contributed by atoms with Gasteiger partial charge in [-0.1, -0.05) is 13.0 Å². The quantitative estimate of drug-likeness (QED) is 0.781. The van der Waals surface area contributed by atoms with E-state index in [0.717, 1.165) is 14.9 Å². The smallest absolute Gasteiger partial charge is 0.255 e. The zero-order chi connectivity index (χ0) is 13.8. The molecule has 2 aromatic rings. The fourth-order valence-corrected chi connectivity index (χ4v) is 3.14. The van der Waals surface area contributed by atoms with Crippen LogP contribution in [0.1, 0.15) is 34.6 Å². The average molecular weight is 387 g/mol. The number of halogens is 1. The Bertz CT molecular complexity index is 569. The Kier molecular flexibility index (Phi) is 4.81. The van der Waals surface area contributed by atoms with E-state index in [9.17, 15) is 9.90 Å². The first-order valence-electron chi connectivity index (χ1n) is 5.94. The summed E-state index contributed by atoms with van der Waals surface area (Å²) in [5.74, 6) is -0.227. The summed E-state index contributed by atoms with van der Waals surface area (Å²) in [5.41, 5.74) is 0.321. The lowest BCUT2D eigenvalue weighted by atomic mass is 10.1. The van der Waals surface area contributed by atoms with Crippen LogP contribution in [0.2, 0.25) is 0 Å². The molecule has 0 fully saturated rings. The molecule has 0 saturated carbocycles. The van der Waals surface area contributed by atoms with Crippen LogP contribution in [0.4, 0.5) is 0 Å². The Morgan fingerprint density at radius 3 is 2.89 bits per heavy atom. The van der Waals surface area contributed by atoms with Crippen LogP contribution in [0.25, 0.3) is 0 Å². The molecule has 1 atom stereocenters. The van der Waals surface area contributed by atoms with E-state index in [1.54, 1.807) is 29.5 Å². The molecule has 1 amide bonds. The largest absolute Gasteiger partial charge is 0.507 e. The molecule has 100 valence electrons. The third-order valence-electron chi connectivity index (χ3n) is 2.80. The number of phenolic OH excluding ortho intramolecular Hbond substituents is 1. The van der Waals surface area contributed by atoms with Crippen LogP contribution in [-0.2, 0) is 0 Å². The number of phenols is 1. The number of benzene rings is 1. The lowest BCUT2D eigenvalue weighted by molar-refractivity contribution is 0.0933. The zero-order valence-corrected chi connectivity index (χ0v) is 13.4. The van der Waals surface area contributed by atoms with E-state index in [1.807, 2.05) is 24.4 Å². The summed E-state index contributed by atoms with van der Waals surface area (Å²) in [6, 6.07) is 8.97. The maximum absolute atomic E-state index is 12.2. The summed E-state index contributed by atoms with van der Waals surface area (Å²) >= 11 is 3.74. The first-order valence-corrected chi connectivity index (χ1v) is 7.90. The Morgan fingerprint density at radius 2 is 2.26 bits per heavy atom. The van der Waals surface area contributed by atoms with Gasteiger partial charge in [-0.3, -0.25) is 4.79 Å². The van der Waals surface area contributed by atoms with Crippen LogP contribution in [0.5, 0.6) is 5.75 Å². The molecule has 3 nitrogen and oxygen atoms in total. The van der Waals surface area contributed by atoms with E-state index in [2.05, 4.69) is 27.9 Å². The summed E-state index contributed by atoms with van der Waals surface area (Å²) in [6.45, 7) is 2.03. The predicted octanol–water partition coefficient (Wildman–Crippen LogP) is 3.94. The number of hydrogen-bond acceptors (Lipinski definition) is 3. The molecule has 2 rings (SSSR count). The molecule has 0 aliphatic carbocycles. The van der Waals surface area contributed by atoms with Gasteiger partial charge in [0.05, 0.1) is 11.6 Å². The van der Waals surface area contributed by atoms with Gasteiger partial charge >= 0.3 is 0 Å². The Hall–Kier alpha value is -1.08. The monoisotopic (exact) mass is 387 g/mol. The van der Waals surface area contributed by atoms with Crippen molar-refractivity contribution in [3.8, 4) is 5.75 Å². The van der Waals surface area contributed by atoms with Gasteiger partial charge in [-0.05, 0) is 58.7 Å². The fourth-order valence-electron chi connectivity index (χ4n) is 1.79. The number of aromatic hydroxyl groups is 1. The zero-order valence-electron chi connectivity index (χ0n) is 10.4. The molecule has 1 heterocycles. The molecular formula is C14H14INO2S. The number of carbonyl (C=O) groups is 1. The number of nitrogens with one attached hydrogen (secondary N) is 1. The van der Waals surface area contributed by atoms with Gasteiger partial charge in [0.1, 0.15) is 5.75 Å². The second kappa shape index (κ2) is 6.38. The van der Waals surface area contributed by atoms with Crippen molar-refractivity contribution in [3.63, 3.8) is 0 Å². The standard InChI is InChI=1S/C14H14INO2S/c1-2-11(13-4-3-7-19-13)16-14(18)10-8-9(15)5-6-12(10)17/h3-8,11,17H,2H2,1H3,(H,16,18). The fraction of sp³-hybridized carbons (Fsp3) is 0.214. The molecule has 19 heavy (non-hydrogen) atoms. The summed E-state index contributed by atoms with van der Waals surface area (Å²) in [4.78, 5) is 13.3. The molecule has 0 bridgehead atoms. The van der Waals surface area contributed by atoms with E-state index >= 15 is 0 Å². The van der Waals surface area contributed by atoms with Gasteiger partial charge < -0.3 is 10.4 Å². The van der Waals surface area contributed by atoms with Gasteiger partial charge in [0.15, 0.2) is 0 Å². The topological polar surface area (TPSA) is 49.3 Å². The van der Waals surface area contributed by atoms with Crippen LogP contribution >= 0.6 is 33.9 Å². The van der Waals surface area contributed by atoms with Gasteiger partial charge in [-0.15, -0.1) is 11.3 Å². The summed E-state index contributed by atoms with van der Waals surface area (Å²) in [5, 5.41) is 14.7. The SMILES string of the molecule is CCC(NC(=O)c1cc(I)ccc1O)c1cccs1. The molecule has 5 heteroatoms. The van der Waals surface area contributed by atoms with E-state index in [-0.39, 0.29) is 17.7 Å². The third-order valence-corrected chi connectivity index (χ3v) is 4.46. The second-order valence-corrected chi connectivity index (χ2v) is 6.34. The lowest BCUT2D eigenvalue weighted by Crippen LogP contribution is -2.27. The van der Waals surface area contributed by atoms with Gasteiger partial charge in [0.2, 0.25) is 0 Å². The van der Waals surface area contributed by atoms with Gasteiger partial charge in [0, 0.05) is 8.45 Å². The molecule has 1 aromatic heterocycles. The second-order valence-electron chi connectivity index (χ2n) is 4.11. The number of hydrogen-bond donors (Lipinski definition) is 2. The molecule has 0 spiro atoms. The number of thiophene rings is 1. The van der Waals surface area contributed by atoms with Crippen LogP contribution < -0.4 is 5.32 Å².